The van der Waals surface area contributed by atoms with Gasteiger partial charge in [-0.15, -0.1) is 0 Å². The van der Waals surface area contributed by atoms with Crippen LogP contribution in [0.15, 0.2) is 35.1 Å². The first-order chi connectivity index (χ1) is 10.6. The van der Waals surface area contributed by atoms with Gasteiger partial charge in [0.05, 0.1) is 29.9 Å². The van der Waals surface area contributed by atoms with E-state index in [4.69, 9.17) is 15.2 Å². The fourth-order valence-electron chi connectivity index (χ4n) is 2.02. The van der Waals surface area contributed by atoms with Gasteiger partial charge >= 0.3 is 0 Å². The molecule has 1 amide bonds. The highest BCUT2D eigenvalue weighted by Gasteiger charge is 2.12. The lowest BCUT2D eigenvalue weighted by Gasteiger charge is -2.13. The summed E-state index contributed by atoms with van der Waals surface area (Å²) >= 11 is 3.45. The molecule has 7 heteroatoms. The first-order valence-electron chi connectivity index (χ1n) is 6.45. The van der Waals surface area contributed by atoms with Gasteiger partial charge in [0.15, 0.2) is 11.5 Å². The molecule has 0 saturated carbocycles. The van der Waals surface area contributed by atoms with Crippen molar-refractivity contribution >= 4 is 27.5 Å². The maximum Gasteiger partial charge on any atom is 0.252 e. The second-order valence-electron chi connectivity index (χ2n) is 4.45. The molecule has 1 heterocycles. The van der Waals surface area contributed by atoms with Gasteiger partial charge in [0.2, 0.25) is 0 Å². The van der Waals surface area contributed by atoms with E-state index in [0.717, 1.165) is 10.0 Å². The molecule has 0 atom stereocenters. The molecule has 2 aromatic rings. The number of benzene rings is 1. The van der Waals surface area contributed by atoms with Gasteiger partial charge in [0.25, 0.3) is 5.91 Å². The summed E-state index contributed by atoms with van der Waals surface area (Å²) in [6.07, 6.45) is 3.04. The zero-order valence-electron chi connectivity index (χ0n) is 12.2. The molecule has 3 N–H and O–H groups in total. The van der Waals surface area contributed by atoms with Crippen LogP contribution >= 0.6 is 15.9 Å². The Morgan fingerprint density at radius 1 is 1.36 bits per heavy atom. The molecule has 0 bridgehead atoms. The average Bonchev–Trinajstić information content (AvgIpc) is 2.52. The molecular formula is C15H16BrN3O3. The van der Waals surface area contributed by atoms with Crippen LogP contribution in [0.2, 0.25) is 0 Å². The molecule has 0 fully saturated rings. The molecule has 6 nitrogen and oxygen atoms in total. The predicted octanol–water partition coefficient (Wildman–Crippen LogP) is 2.57. The number of pyridine rings is 1. The first-order valence-corrected chi connectivity index (χ1v) is 7.24. The molecular weight excluding hydrogens is 350 g/mol. The lowest BCUT2D eigenvalue weighted by Crippen LogP contribution is -2.14. The van der Waals surface area contributed by atoms with Gasteiger partial charge < -0.3 is 20.5 Å². The third kappa shape index (κ3) is 3.48. The molecule has 0 unspecified atom stereocenters. The van der Waals surface area contributed by atoms with Crippen molar-refractivity contribution in [3.05, 3.63) is 46.2 Å². The lowest BCUT2D eigenvalue weighted by molar-refractivity contribution is 0.100. The molecule has 0 aliphatic rings. The second-order valence-corrected chi connectivity index (χ2v) is 5.31. The summed E-state index contributed by atoms with van der Waals surface area (Å²) in [5.74, 6) is 0.732. The standard InChI is InChI=1S/C15H16BrN3O3/c1-21-13-6-9(5-11(16)14(13)22-2)7-19-12-3-4-18-8-10(12)15(17)20/h3-6,8H,7H2,1-2H3,(H2,17,20)(H,18,19). The minimum Gasteiger partial charge on any atom is -0.493 e. The normalized spacial score (nSPS) is 10.1. The van der Waals surface area contributed by atoms with Crippen LogP contribution in [-0.4, -0.2) is 25.1 Å². The highest BCUT2D eigenvalue weighted by Crippen LogP contribution is 2.36. The van der Waals surface area contributed by atoms with Gasteiger partial charge in [-0.25, -0.2) is 0 Å². The zero-order valence-corrected chi connectivity index (χ0v) is 13.8. The van der Waals surface area contributed by atoms with E-state index in [1.165, 1.54) is 6.20 Å². The Bertz CT molecular complexity index is 692. The van der Waals surface area contributed by atoms with E-state index in [9.17, 15) is 4.79 Å². The molecule has 1 aromatic carbocycles. The summed E-state index contributed by atoms with van der Waals surface area (Å²) in [5.41, 5.74) is 7.27. The summed E-state index contributed by atoms with van der Waals surface area (Å²) in [5, 5.41) is 3.17. The minimum atomic E-state index is -0.524. The van der Waals surface area contributed by atoms with E-state index in [0.29, 0.717) is 29.3 Å². The van der Waals surface area contributed by atoms with Crippen molar-refractivity contribution in [1.29, 1.82) is 0 Å². The average molecular weight is 366 g/mol. The number of hydrogen-bond acceptors (Lipinski definition) is 5. The summed E-state index contributed by atoms with van der Waals surface area (Å²) < 4.78 is 11.4. The van der Waals surface area contributed by atoms with Crippen LogP contribution in [0, 0.1) is 0 Å². The Hall–Kier alpha value is -2.28. The van der Waals surface area contributed by atoms with Crippen LogP contribution in [0.1, 0.15) is 15.9 Å². The lowest BCUT2D eigenvalue weighted by atomic mass is 10.1. The van der Waals surface area contributed by atoms with E-state index < -0.39 is 5.91 Å². The first kappa shape index (κ1) is 16.1. The Kier molecular flexibility index (Phi) is 5.21. The van der Waals surface area contributed by atoms with Crippen molar-refractivity contribution in [1.82, 2.24) is 4.98 Å². The van der Waals surface area contributed by atoms with Gasteiger partial charge in [-0.1, -0.05) is 0 Å². The van der Waals surface area contributed by atoms with E-state index in [1.807, 2.05) is 12.1 Å². The van der Waals surface area contributed by atoms with Crippen LogP contribution in [0.4, 0.5) is 5.69 Å². The number of ether oxygens (including phenoxy) is 2. The molecule has 0 aliphatic heterocycles. The molecule has 0 radical (unpaired) electrons. The number of halogens is 1. The molecule has 116 valence electrons. The molecule has 1 aromatic heterocycles. The van der Waals surface area contributed by atoms with Crippen molar-refractivity contribution in [3.8, 4) is 11.5 Å². The number of hydrogen-bond donors (Lipinski definition) is 2. The maximum absolute atomic E-state index is 11.4. The zero-order chi connectivity index (χ0) is 16.1. The number of methoxy groups -OCH3 is 2. The number of aromatic nitrogens is 1. The van der Waals surface area contributed by atoms with Gasteiger partial charge in [0.1, 0.15) is 0 Å². The molecule has 0 aliphatic carbocycles. The quantitative estimate of drug-likeness (QED) is 0.821. The minimum absolute atomic E-state index is 0.349. The predicted molar refractivity (Wildman–Crippen MR) is 87.3 cm³/mol. The fraction of sp³-hybridized carbons (Fsp3) is 0.200. The topological polar surface area (TPSA) is 86.5 Å². The number of nitrogens with one attached hydrogen (secondary N) is 1. The Morgan fingerprint density at radius 2 is 2.14 bits per heavy atom. The number of nitrogens with two attached hydrogens (primary N) is 1. The summed E-state index contributed by atoms with van der Waals surface area (Å²) in [6.45, 7) is 0.489. The van der Waals surface area contributed by atoms with E-state index in [-0.39, 0.29) is 0 Å². The van der Waals surface area contributed by atoms with Gasteiger partial charge in [-0.05, 0) is 39.7 Å². The third-order valence-electron chi connectivity index (χ3n) is 3.06. The Labute approximate surface area is 136 Å². The van der Waals surface area contributed by atoms with Crippen molar-refractivity contribution in [2.75, 3.05) is 19.5 Å². The number of carbonyl (C=O) groups is 1. The van der Waals surface area contributed by atoms with Gasteiger partial charge in [0, 0.05) is 18.9 Å². The SMILES string of the molecule is COc1cc(CNc2ccncc2C(N)=O)cc(Br)c1OC. The van der Waals surface area contributed by atoms with Crippen molar-refractivity contribution in [2.45, 2.75) is 6.54 Å². The highest BCUT2D eigenvalue weighted by atomic mass is 79.9. The number of anilines is 1. The summed E-state index contributed by atoms with van der Waals surface area (Å²) in [6, 6.07) is 5.48. The van der Waals surface area contributed by atoms with Crippen molar-refractivity contribution in [3.63, 3.8) is 0 Å². The second kappa shape index (κ2) is 7.13. The van der Waals surface area contributed by atoms with Gasteiger partial charge in [-0.2, -0.15) is 0 Å². The molecule has 0 spiro atoms. The van der Waals surface area contributed by atoms with Crippen molar-refractivity contribution in [2.24, 2.45) is 5.73 Å². The number of rotatable bonds is 6. The van der Waals surface area contributed by atoms with E-state index in [2.05, 4.69) is 26.2 Å². The Balaban J connectivity index is 2.22. The smallest absolute Gasteiger partial charge is 0.252 e. The largest absolute Gasteiger partial charge is 0.493 e. The Morgan fingerprint density at radius 3 is 2.77 bits per heavy atom. The van der Waals surface area contributed by atoms with Crippen LogP contribution in [0.25, 0.3) is 0 Å². The van der Waals surface area contributed by atoms with E-state index in [1.54, 1.807) is 26.5 Å². The summed E-state index contributed by atoms with van der Waals surface area (Å²) in [4.78, 5) is 15.3. The molecule has 22 heavy (non-hydrogen) atoms. The fourth-order valence-corrected chi connectivity index (χ4v) is 2.67. The highest BCUT2D eigenvalue weighted by molar-refractivity contribution is 9.10. The number of amides is 1. The van der Waals surface area contributed by atoms with Crippen LogP contribution in [0.3, 0.4) is 0 Å². The molecule has 0 saturated heterocycles. The third-order valence-corrected chi connectivity index (χ3v) is 3.65. The maximum atomic E-state index is 11.4. The van der Waals surface area contributed by atoms with Crippen LogP contribution in [0.5, 0.6) is 11.5 Å². The van der Waals surface area contributed by atoms with Gasteiger partial charge in [-0.3, -0.25) is 9.78 Å². The van der Waals surface area contributed by atoms with E-state index >= 15 is 0 Å². The molecule has 2 rings (SSSR count). The van der Waals surface area contributed by atoms with Crippen LogP contribution in [-0.2, 0) is 6.54 Å². The van der Waals surface area contributed by atoms with Crippen molar-refractivity contribution < 1.29 is 14.3 Å². The number of nitrogens with zero attached hydrogens (tertiary/aromatic N) is 1. The van der Waals surface area contributed by atoms with Crippen LogP contribution < -0.4 is 20.5 Å². The summed E-state index contributed by atoms with van der Waals surface area (Å²) in [7, 11) is 3.16. The monoisotopic (exact) mass is 365 g/mol. The number of primary amides is 1. The number of carbonyl (C=O) groups excluding carboxylic acids is 1.